The number of hydrogen-bond donors (Lipinski definition) is 0. The molecule has 116 valence electrons. The largest absolute Gasteiger partial charge is 0.493 e. The van der Waals surface area contributed by atoms with Gasteiger partial charge in [0.25, 0.3) is 0 Å². The summed E-state index contributed by atoms with van der Waals surface area (Å²) >= 11 is 0. The Balaban J connectivity index is 2.02. The minimum atomic E-state index is 0.0908. The molecule has 0 spiro atoms. The molecule has 0 aromatic heterocycles. The van der Waals surface area contributed by atoms with E-state index in [2.05, 4.69) is 42.2 Å². The Labute approximate surface area is 132 Å². The maximum atomic E-state index is 5.68. The summed E-state index contributed by atoms with van der Waals surface area (Å²) in [7, 11) is 3.88. The minimum Gasteiger partial charge on any atom is -0.493 e. The molecule has 2 atom stereocenters. The van der Waals surface area contributed by atoms with Crippen molar-refractivity contribution in [2.75, 3.05) is 27.3 Å². The van der Waals surface area contributed by atoms with Crippen LogP contribution in [0, 0.1) is 12.3 Å². The van der Waals surface area contributed by atoms with E-state index in [-0.39, 0.29) is 12.0 Å². The lowest BCUT2D eigenvalue weighted by molar-refractivity contribution is 0.248. The zero-order valence-corrected chi connectivity index (χ0v) is 13.3. The van der Waals surface area contributed by atoms with E-state index in [4.69, 9.17) is 15.9 Å². The molecule has 22 heavy (non-hydrogen) atoms. The maximum absolute atomic E-state index is 5.68. The number of benzene rings is 1. The third kappa shape index (κ3) is 2.38. The van der Waals surface area contributed by atoms with E-state index in [1.165, 1.54) is 12.0 Å². The molecule has 0 bridgehead atoms. The fourth-order valence-corrected chi connectivity index (χ4v) is 3.93. The molecule has 1 heterocycles. The lowest BCUT2D eigenvalue weighted by Crippen LogP contribution is -2.41. The Morgan fingerprint density at radius 1 is 1.41 bits per heavy atom. The summed E-state index contributed by atoms with van der Waals surface area (Å²) in [5, 5.41) is 0. The molecule has 0 N–H and O–H groups in total. The minimum absolute atomic E-state index is 0.0908. The topological polar surface area (TPSA) is 21.7 Å². The van der Waals surface area contributed by atoms with Crippen molar-refractivity contribution < 1.29 is 9.47 Å². The second-order valence-electron chi connectivity index (χ2n) is 6.12. The number of rotatable bonds is 4. The van der Waals surface area contributed by atoms with Gasteiger partial charge in [-0.25, -0.2) is 0 Å². The smallest absolute Gasteiger partial charge is 0.162 e. The molecule has 0 radical (unpaired) electrons. The summed E-state index contributed by atoms with van der Waals surface area (Å²) in [5.74, 6) is 3.99. The van der Waals surface area contributed by atoms with Crippen LogP contribution in [0.1, 0.15) is 24.8 Å². The molecule has 1 aromatic carbocycles. The average molecular weight is 297 g/mol. The zero-order chi connectivity index (χ0) is 15.6. The molecule has 1 fully saturated rings. The van der Waals surface area contributed by atoms with Gasteiger partial charge in [-0.05, 0) is 50.6 Å². The summed E-state index contributed by atoms with van der Waals surface area (Å²) in [4.78, 5) is 2.48. The van der Waals surface area contributed by atoms with Crippen molar-refractivity contribution in [1.82, 2.24) is 4.90 Å². The van der Waals surface area contributed by atoms with Crippen LogP contribution in [0.2, 0.25) is 0 Å². The highest BCUT2D eigenvalue weighted by atomic mass is 16.5. The number of ether oxygens (including phenoxy) is 2. The number of methoxy groups -OCH3 is 1. The molecular weight excluding hydrogens is 274 g/mol. The van der Waals surface area contributed by atoms with Gasteiger partial charge in [0.2, 0.25) is 0 Å². The highest BCUT2D eigenvalue weighted by molar-refractivity contribution is 5.48. The Morgan fingerprint density at radius 3 is 3.05 bits per heavy atom. The van der Waals surface area contributed by atoms with E-state index in [1.54, 1.807) is 7.11 Å². The molecule has 0 saturated carbocycles. The van der Waals surface area contributed by atoms with E-state index < -0.39 is 0 Å². The highest BCUT2D eigenvalue weighted by Gasteiger charge is 2.46. The van der Waals surface area contributed by atoms with Crippen LogP contribution >= 0.6 is 0 Å². The van der Waals surface area contributed by atoms with Crippen molar-refractivity contribution in [2.45, 2.75) is 30.7 Å². The number of fused-ring (bicyclic) bond motifs is 1. The monoisotopic (exact) mass is 297 g/mol. The molecule has 3 heteroatoms. The van der Waals surface area contributed by atoms with Gasteiger partial charge < -0.3 is 14.4 Å². The van der Waals surface area contributed by atoms with Crippen molar-refractivity contribution in [3.8, 4) is 23.8 Å². The van der Waals surface area contributed by atoms with E-state index in [9.17, 15) is 0 Å². The number of hydrogen-bond acceptors (Lipinski definition) is 3. The third-order valence-corrected chi connectivity index (χ3v) is 5.04. The number of likely N-dealkylation sites (tertiary alicyclic amines) is 1. The summed E-state index contributed by atoms with van der Waals surface area (Å²) in [5.41, 5.74) is 1.39. The Kier molecular flexibility index (Phi) is 4.13. The van der Waals surface area contributed by atoms with Gasteiger partial charge in [0.05, 0.1) is 7.11 Å². The first-order valence-corrected chi connectivity index (χ1v) is 7.84. The fraction of sp³-hybridized carbons (Fsp3) is 0.474. The highest BCUT2D eigenvalue weighted by Crippen LogP contribution is 2.46. The molecule has 0 amide bonds. The van der Waals surface area contributed by atoms with Crippen molar-refractivity contribution in [2.24, 2.45) is 0 Å². The van der Waals surface area contributed by atoms with Crippen LogP contribution in [0.25, 0.3) is 0 Å². The molecule has 1 aromatic rings. The SMILES string of the molecule is C#CCOc1cc([C@@]23C=CCCC2N(C)CC3)ccc1OC. The predicted octanol–water partition coefficient (Wildman–Crippen LogP) is 3.00. The van der Waals surface area contributed by atoms with Gasteiger partial charge in [0.1, 0.15) is 6.61 Å². The standard InChI is InChI=1S/C19H23NO2/c1-4-13-22-17-14-15(8-9-16(17)21-3)19-10-6-5-7-18(19)20(2)12-11-19/h1,6,8-10,14,18H,5,7,11-13H2,2-3H3/t18?,19-/m0/s1. The second kappa shape index (κ2) is 6.06. The van der Waals surface area contributed by atoms with Crippen LogP contribution in [0.5, 0.6) is 11.5 Å². The second-order valence-corrected chi connectivity index (χ2v) is 6.12. The van der Waals surface area contributed by atoms with Gasteiger partial charge in [-0.2, -0.15) is 0 Å². The lowest BCUT2D eigenvalue weighted by atomic mass is 9.70. The fourth-order valence-electron chi connectivity index (χ4n) is 3.93. The average Bonchev–Trinajstić information content (AvgIpc) is 2.91. The van der Waals surface area contributed by atoms with Crippen LogP contribution in [0.3, 0.4) is 0 Å². The summed E-state index contributed by atoms with van der Waals surface area (Å²) in [6.07, 6.45) is 13.6. The van der Waals surface area contributed by atoms with Crippen molar-refractivity contribution in [3.05, 3.63) is 35.9 Å². The third-order valence-electron chi connectivity index (χ3n) is 5.04. The molecule has 1 saturated heterocycles. The quantitative estimate of drug-likeness (QED) is 0.630. The van der Waals surface area contributed by atoms with Gasteiger partial charge in [0, 0.05) is 11.5 Å². The first-order valence-electron chi connectivity index (χ1n) is 7.84. The van der Waals surface area contributed by atoms with Crippen molar-refractivity contribution in [1.29, 1.82) is 0 Å². The Morgan fingerprint density at radius 2 is 2.27 bits per heavy atom. The van der Waals surface area contributed by atoms with Crippen LogP contribution < -0.4 is 9.47 Å². The van der Waals surface area contributed by atoms with Gasteiger partial charge in [-0.1, -0.05) is 24.1 Å². The van der Waals surface area contributed by atoms with E-state index in [0.717, 1.165) is 30.9 Å². The van der Waals surface area contributed by atoms with Gasteiger partial charge in [-0.15, -0.1) is 6.42 Å². The zero-order valence-electron chi connectivity index (χ0n) is 13.3. The van der Waals surface area contributed by atoms with Gasteiger partial charge >= 0.3 is 0 Å². The van der Waals surface area contributed by atoms with Crippen molar-refractivity contribution in [3.63, 3.8) is 0 Å². The molecule has 1 unspecified atom stereocenters. The van der Waals surface area contributed by atoms with Crippen LogP contribution in [0.4, 0.5) is 0 Å². The molecular formula is C19H23NO2. The number of allylic oxidation sites excluding steroid dienone is 1. The molecule has 3 rings (SSSR count). The first kappa shape index (κ1) is 15.0. The van der Waals surface area contributed by atoms with Gasteiger partial charge in [0.15, 0.2) is 11.5 Å². The molecule has 1 aliphatic heterocycles. The van der Waals surface area contributed by atoms with Crippen LogP contribution in [-0.4, -0.2) is 38.3 Å². The first-order chi connectivity index (χ1) is 10.7. The predicted molar refractivity (Wildman–Crippen MR) is 88.4 cm³/mol. The summed E-state index contributed by atoms with van der Waals surface area (Å²) < 4.78 is 11.1. The number of nitrogens with zero attached hydrogens (tertiary/aromatic N) is 1. The molecule has 3 nitrogen and oxygen atoms in total. The van der Waals surface area contributed by atoms with E-state index in [0.29, 0.717) is 6.04 Å². The Hall–Kier alpha value is -1.92. The van der Waals surface area contributed by atoms with Crippen molar-refractivity contribution >= 4 is 0 Å². The van der Waals surface area contributed by atoms with E-state index in [1.807, 2.05) is 6.07 Å². The lowest BCUT2D eigenvalue weighted by Gasteiger charge is -2.38. The number of likely N-dealkylation sites (N-methyl/N-ethyl adjacent to an activating group) is 1. The summed E-state index contributed by atoms with van der Waals surface area (Å²) in [6, 6.07) is 6.83. The van der Waals surface area contributed by atoms with Crippen LogP contribution in [0.15, 0.2) is 30.4 Å². The normalized spacial score (nSPS) is 27.2. The van der Waals surface area contributed by atoms with E-state index >= 15 is 0 Å². The van der Waals surface area contributed by atoms with Crippen LogP contribution in [-0.2, 0) is 5.41 Å². The van der Waals surface area contributed by atoms with Gasteiger partial charge in [-0.3, -0.25) is 0 Å². The Bertz CT molecular complexity index is 616. The maximum Gasteiger partial charge on any atom is 0.162 e. The summed E-state index contributed by atoms with van der Waals surface area (Å²) in [6.45, 7) is 1.38. The molecule has 1 aliphatic carbocycles. The number of terminal acetylenes is 1. The molecule has 2 aliphatic rings.